The first kappa shape index (κ1) is 26.4. The highest BCUT2D eigenvalue weighted by atomic mass is 33.2. The third-order valence-corrected chi connectivity index (χ3v) is 13.6. The van der Waals surface area contributed by atoms with Gasteiger partial charge in [-0.25, -0.2) is 9.59 Å². The molecule has 0 saturated heterocycles. The molecule has 0 saturated carbocycles. The first-order chi connectivity index (χ1) is 16.4. The molecule has 0 aliphatic heterocycles. The van der Waals surface area contributed by atoms with Crippen molar-refractivity contribution >= 4 is 51.1 Å². The van der Waals surface area contributed by atoms with Gasteiger partial charge < -0.3 is 9.84 Å². The maximum Gasteiger partial charge on any atom is 0.411 e. The van der Waals surface area contributed by atoms with Crippen LogP contribution in [0.1, 0.15) is 18.9 Å². The summed E-state index contributed by atoms with van der Waals surface area (Å²) in [5.74, 6) is -1.07. The molecule has 0 fully saturated rings. The molecular formula is C25H26NO4PS3. The number of aliphatic carboxylic acids is 1. The van der Waals surface area contributed by atoms with Gasteiger partial charge in [0.2, 0.25) is 0 Å². The van der Waals surface area contributed by atoms with Gasteiger partial charge in [-0.1, -0.05) is 108 Å². The lowest BCUT2D eigenvalue weighted by Gasteiger charge is -2.32. The summed E-state index contributed by atoms with van der Waals surface area (Å²) >= 11 is 9.25. The summed E-state index contributed by atoms with van der Waals surface area (Å²) in [5.41, 5.74) is 0.830. The lowest BCUT2D eigenvalue weighted by molar-refractivity contribution is -0.142. The number of hydrogen-bond acceptors (Lipinski definition) is 6. The van der Waals surface area contributed by atoms with E-state index in [0.717, 1.165) is 15.4 Å². The Morgan fingerprint density at radius 1 is 0.912 bits per heavy atom. The molecule has 5 nitrogen and oxygen atoms in total. The normalized spacial score (nSPS) is 12.0. The smallest absolute Gasteiger partial charge is 0.411 e. The highest BCUT2D eigenvalue weighted by Crippen LogP contribution is 2.73. The van der Waals surface area contributed by atoms with E-state index < -0.39 is 22.5 Å². The van der Waals surface area contributed by atoms with Crippen molar-refractivity contribution < 1.29 is 19.4 Å². The van der Waals surface area contributed by atoms with Gasteiger partial charge in [-0.05, 0) is 36.2 Å². The topological polar surface area (TPSA) is 66.8 Å². The van der Waals surface area contributed by atoms with Crippen molar-refractivity contribution in [1.82, 2.24) is 4.90 Å². The largest absolute Gasteiger partial charge is 0.480 e. The van der Waals surface area contributed by atoms with Gasteiger partial charge in [-0.3, -0.25) is 4.90 Å². The Morgan fingerprint density at radius 3 is 1.82 bits per heavy atom. The maximum absolute atomic E-state index is 13.2. The first-order valence-electron chi connectivity index (χ1n) is 10.7. The van der Waals surface area contributed by atoms with E-state index in [1.807, 2.05) is 91.0 Å². The number of hydrogen-bond donors (Lipinski definition) is 1. The van der Waals surface area contributed by atoms with Crippen LogP contribution in [0.5, 0.6) is 0 Å². The summed E-state index contributed by atoms with van der Waals surface area (Å²) in [6, 6.07) is 27.8. The summed E-state index contributed by atoms with van der Waals surface area (Å²) < 4.78 is 3.10. The van der Waals surface area contributed by atoms with Gasteiger partial charge >= 0.3 is 12.1 Å². The number of rotatable bonds is 11. The van der Waals surface area contributed by atoms with E-state index in [0.29, 0.717) is 0 Å². The average Bonchev–Trinajstić information content (AvgIpc) is 2.84. The molecule has 1 N–H and O–H groups in total. The van der Waals surface area contributed by atoms with Crippen LogP contribution in [0.15, 0.2) is 101 Å². The van der Waals surface area contributed by atoms with Crippen LogP contribution in [0, 0.1) is 0 Å². The van der Waals surface area contributed by atoms with Gasteiger partial charge in [-0.2, -0.15) is 0 Å². The number of carbonyl (C=O) groups is 2. The minimum Gasteiger partial charge on any atom is -0.480 e. The second-order valence-electron chi connectivity index (χ2n) is 7.33. The predicted molar refractivity (Wildman–Crippen MR) is 144 cm³/mol. The molecular weight excluding hydrogens is 505 g/mol. The number of carboxylic acid groups (broad SMARTS) is 1. The Labute approximate surface area is 213 Å². The van der Waals surface area contributed by atoms with Gasteiger partial charge in [0.15, 0.2) is 0 Å². The van der Waals surface area contributed by atoms with E-state index in [2.05, 4.69) is 0 Å². The molecule has 0 aliphatic rings. The van der Waals surface area contributed by atoms with E-state index >= 15 is 0 Å². The van der Waals surface area contributed by atoms with E-state index in [1.54, 1.807) is 6.92 Å². The fraction of sp³-hybridized carbons (Fsp3) is 0.200. The van der Waals surface area contributed by atoms with Crippen molar-refractivity contribution in [1.29, 1.82) is 0 Å². The molecule has 3 aromatic carbocycles. The maximum atomic E-state index is 13.2. The molecule has 1 unspecified atom stereocenters. The highest BCUT2D eigenvalue weighted by Gasteiger charge is 2.35. The van der Waals surface area contributed by atoms with Gasteiger partial charge in [0.1, 0.15) is 12.6 Å². The van der Waals surface area contributed by atoms with Crippen molar-refractivity contribution in [2.45, 2.75) is 35.8 Å². The van der Waals surface area contributed by atoms with E-state index in [9.17, 15) is 14.7 Å². The Balaban J connectivity index is 1.89. The number of benzene rings is 3. The van der Waals surface area contributed by atoms with E-state index in [-0.39, 0.29) is 19.3 Å². The average molecular weight is 532 g/mol. The van der Waals surface area contributed by atoms with Crippen LogP contribution in [0.3, 0.4) is 0 Å². The molecule has 1 atom stereocenters. The van der Waals surface area contributed by atoms with Gasteiger partial charge in [0.05, 0.1) is 10.7 Å². The zero-order valence-electron chi connectivity index (χ0n) is 18.7. The number of nitrogens with zero attached hydrogens (tertiary/aromatic N) is 1. The molecule has 3 aromatic rings. The Hall–Kier alpha value is -2.25. The Bertz CT molecular complexity index is 1070. The van der Waals surface area contributed by atoms with Crippen LogP contribution in [0.2, 0.25) is 0 Å². The lowest BCUT2D eigenvalue weighted by atomic mass is 10.2. The Kier molecular flexibility index (Phi) is 10.1. The van der Waals surface area contributed by atoms with Crippen molar-refractivity contribution in [2.24, 2.45) is 0 Å². The summed E-state index contributed by atoms with van der Waals surface area (Å²) in [6.45, 7) is 1.81. The van der Waals surface area contributed by atoms with Crippen molar-refractivity contribution in [2.75, 3.05) is 6.29 Å². The van der Waals surface area contributed by atoms with E-state index in [4.69, 9.17) is 16.5 Å². The van der Waals surface area contributed by atoms with Gasteiger partial charge in [0.25, 0.3) is 0 Å². The summed E-state index contributed by atoms with van der Waals surface area (Å²) in [6.07, 6.45) is -0.313. The molecule has 9 heteroatoms. The van der Waals surface area contributed by atoms with Gasteiger partial charge in [0, 0.05) is 9.79 Å². The molecule has 0 bridgehead atoms. The molecule has 0 aliphatic carbocycles. The molecule has 0 aromatic heterocycles. The fourth-order valence-electron chi connectivity index (χ4n) is 3.16. The summed E-state index contributed by atoms with van der Waals surface area (Å²) in [4.78, 5) is 28.5. The zero-order valence-corrected chi connectivity index (χ0v) is 22.0. The quantitative estimate of drug-likeness (QED) is 0.260. The molecule has 0 radical (unpaired) electrons. The monoisotopic (exact) mass is 531 g/mol. The van der Waals surface area contributed by atoms with Crippen LogP contribution < -0.4 is 0 Å². The lowest BCUT2D eigenvalue weighted by Crippen LogP contribution is -2.45. The zero-order chi connectivity index (χ0) is 24.4. The molecule has 34 heavy (non-hydrogen) atoms. The van der Waals surface area contributed by atoms with Gasteiger partial charge in [-0.15, -0.1) is 0 Å². The fourth-order valence-corrected chi connectivity index (χ4v) is 12.9. The number of carboxylic acids is 1. The molecule has 1 amide bonds. The van der Waals surface area contributed by atoms with Crippen LogP contribution in [0.4, 0.5) is 4.79 Å². The van der Waals surface area contributed by atoms with Crippen LogP contribution in [-0.4, -0.2) is 34.4 Å². The number of ether oxygens (including phenoxy) is 1. The van der Waals surface area contributed by atoms with Crippen molar-refractivity contribution in [3.8, 4) is 0 Å². The van der Waals surface area contributed by atoms with Crippen molar-refractivity contribution in [3.05, 3.63) is 96.6 Å². The standard InChI is InChI=1S/C25H26NO4PS3/c1-2-23(24(27)28)26(25(29)30-18-20-12-6-3-7-13-20)19-31(32,33-21-14-8-4-9-15-21)34-22-16-10-5-11-17-22/h3-17,23H,2,18-19H2,1H3,(H,27,28). The van der Waals surface area contributed by atoms with E-state index in [1.165, 1.54) is 27.7 Å². The second kappa shape index (κ2) is 13.0. The number of amides is 1. The molecule has 0 spiro atoms. The SMILES string of the molecule is CCC(C(=O)O)N(CP(=S)(Sc1ccccc1)Sc1ccccc1)C(=O)OCc1ccccc1. The molecule has 178 valence electrons. The highest BCUT2D eigenvalue weighted by molar-refractivity contribution is 9.00. The third kappa shape index (κ3) is 7.91. The number of carbonyl (C=O) groups excluding carboxylic acids is 1. The minimum atomic E-state index is -2.45. The predicted octanol–water partition coefficient (Wildman–Crippen LogP) is 7.34. The first-order valence-corrected chi connectivity index (χ1v) is 16.5. The second-order valence-corrected chi connectivity index (χ2v) is 18.9. The Morgan fingerprint density at radius 2 is 1.38 bits per heavy atom. The van der Waals surface area contributed by atoms with Crippen LogP contribution >= 0.6 is 27.2 Å². The van der Waals surface area contributed by atoms with Crippen LogP contribution in [0.25, 0.3) is 0 Å². The molecule has 0 heterocycles. The minimum absolute atomic E-state index is 0.0623. The third-order valence-electron chi connectivity index (χ3n) is 4.79. The summed E-state index contributed by atoms with van der Waals surface area (Å²) in [7, 11) is 0. The summed E-state index contributed by atoms with van der Waals surface area (Å²) in [5, 5.41) is 9.87. The molecule has 3 rings (SSSR count). The van der Waals surface area contributed by atoms with Crippen molar-refractivity contribution in [3.63, 3.8) is 0 Å². The van der Waals surface area contributed by atoms with Crippen LogP contribution in [-0.2, 0) is 27.9 Å².